The highest BCUT2D eigenvalue weighted by atomic mass is 32.2. The molecule has 13 heteroatoms. The van der Waals surface area contributed by atoms with Gasteiger partial charge in [0.2, 0.25) is 10.0 Å². The minimum absolute atomic E-state index is 0.0117. The molecule has 0 fully saturated rings. The summed E-state index contributed by atoms with van der Waals surface area (Å²) < 4.78 is 45.5. The van der Waals surface area contributed by atoms with Crippen LogP contribution in [0, 0.1) is 11.3 Å². The number of hydrogen-bond donors (Lipinski definition) is 6. The fraction of sp³-hybridized carbons (Fsp3) is 0.238. The lowest BCUT2D eigenvalue weighted by Gasteiger charge is -2.28. The Morgan fingerprint density at radius 1 is 1.18 bits per heavy atom. The van der Waals surface area contributed by atoms with Crippen molar-refractivity contribution in [3.05, 3.63) is 71.1 Å². The number of guanidine groups is 1. The van der Waals surface area contributed by atoms with Gasteiger partial charge >= 0.3 is 13.6 Å². The van der Waals surface area contributed by atoms with Gasteiger partial charge in [0.25, 0.3) is 0 Å². The van der Waals surface area contributed by atoms with Crippen LogP contribution in [-0.4, -0.2) is 36.1 Å². The van der Waals surface area contributed by atoms with Crippen LogP contribution in [0.3, 0.4) is 0 Å². The molecular weight excluding hydrogens is 483 g/mol. The molecule has 0 saturated heterocycles. The molecule has 0 aliphatic rings. The number of hydrogen-bond acceptors (Lipinski definition) is 6. The quantitative estimate of drug-likeness (QED) is 0.150. The molecule has 0 aliphatic heterocycles. The lowest BCUT2D eigenvalue weighted by atomic mass is 10.1. The maximum atomic E-state index is 13.1. The van der Waals surface area contributed by atoms with Gasteiger partial charge < -0.3 is 21.1 Å². The Balaban J connectivity index is 2.30. The smallest absolute Gasteiger partial charge is 0.347 e. The summed E-state index contributed by atoms with van der Waals surface area (Å²) in [6.45, 7) is 2.99. The average Bonchev–Trinajstić information content (AvgIpc) is 2.74. The van der Waals surface area contributed by atoms with Crippen molar-refractivity contribution in [1.29, 1.82) is 5.41 Å². The number of aliphatic carboxylic acids is 1. The van der Waals surface area contributed by atoms with Gasteiger partial charge in [-0.05, 0) is 35.3 Å². The molecule has 0 amide bonds. The van der Waals surface area contributed by atoms with Crippen LogP contribution in [0.4, 0.5) is 5.69 Å². The van der Waals surface area contributed by atoms with E-state index in [1.165, 1.54) is 44.2 Å². The summed E-state index contributed by atoms with van der Waals surface area (Å²) in [5.74, 6) is -4.31. The second-order valence-corrected chi connectivity index (χ2v) is 11.1. The maximum absolute atomic E-state index is 13.1. The van der Waals surface area contributed by atoms with Crippen LogP contribution in [0.25, 0.3) is 6.08 Å². The average molecular weight is 511 g/mol. The SMILES string of the molecule is CC(C)C(NS(=O)(=O)C=Cc1ccccc1)P(=O)(O)OC(C(=O)O)c1cccc(NC(=N)N)c1. The minimum atomic E-state index is -4.86. The molecule has 2 aromatic rings. The fourth-order valence-electron chi connectivity index (χ4n) is 2.92. The Labute approximate surface area is 197 Å². The summed E-state index contributed by atoms with van der Waals surface area (Å²) in [4.78, 5) is 22.5. The molecule has 7 N–H and O–H groups in total. The van der Waals surface area contributed by atoms with Crippen molar-refractivity contribution in [3.63, 3.8) is 0 Å². The van der Waals surface area contributed by atoms with E-state index in [-0.39, 0.29) is 11.3 Å². The van der Waals surface area contributed by atoms with Gasteiger partial charge in [0.15, 0.2) is 12.1 Å². The maximum Gasteiger partial charge on any atom is 0.347 e. The normalized spacial score (nSPS) is 15.5. The van der Waals surface area contributed by atoms with Crippen LogP contribution in [-0.2, 0) is 23.9 Å². The minimum Gasteiger partial charge on any atom is -0.479 e. The van der Waals surface area contributed by atoms with Gasteiger partial charge in [0, 0.05) is 11.1 Å². The van der Waals surface area contributed by atoms with Crippen LogP contribution in [0.1, 0.15) is 31.1 Å². The number of nitrogens with one attached hydrogen (secondary N) is 3. The van der Waals surface area contributed by atoms with Crippen LogP contribution in [0.15, 0.2) is 60.0 Å². The molecule has 0 radical (unpaired) electrons. The van der Waals surface area contributed by atoms with E-state index in [9.17, 15) is 27.8 Å². The number of carboxylic acid groups (broad SMARTS) is 1. The van der Waals surface area contributed by atoms with E-state index in [1.807, 2.05) is 0 Å². The molecule has 2 aromatic carbocycles. The zero-order chi connectivity index (χ0) is 25.5. The topological polar surface area (TPSA) is 192 Å². The Morgan fingerprint density at radius 3 is 2.38 bits per heavy atom. The van der Waals surface area contributed by atoms with Gasteiger partial charge in [-0.2, -0.15) is 4.72 Å². The highest BCUT2D eigenvalue weighted by Crippen LogP contribution is 2.53. The standard InChI is InChI=1S/C21H27N4O7PS/c1-14(2)19(25-34(30,31)12-11-15-7-4-3-5-8-15)33(28,29)32-18(20(26)27)16-9-6-10-17(13-16)24-21(22)23/h3-14,18-19,25H,1-2H3,(H,26,27)(H,28,29)(H4,22,23,24). The van der Waals surface area contributed by atoms with Gasteiger partial charge in [-0.1, -0.05) is 56.3 Å². The van der Waals surface area contributed by atoms with Crippen LogP contribution < -0.4 is 15.8 Å². The van der Waals surface area contributed by atoms with E-state index in [1.54, 1.807) is 30.3 Å². The molecular formula is C21H27N4O7PS. The summed E-state index contributed by atoms with van der Waals surface area (Å²) in [5, 5.41) is 20.2. The highest BCUT2D eigenvalue weighted by molar-refractivity contribution is 7.92. The predicted molar refractivity (Wildman–Crippen MR) is 129 cm³/mol. The van der Waals surface area contributed by atoms with Gasteiger partial charge in [-0.15, -0.1) is 0 Å². The molecule has 0 saturated carbocycles. The van der Waals surface area contributed by atoms with Gasteiger partial charge in [0.1, 0.15) is 5.78 Å². The lowest BCUT2D eigenvalue weighted by Crippen LogP contribution is -2.38. The summed E-state index contributed by atoms with van der Waals surface area (Å²) in [7, 11) is -9.05. The third kappa shape index (κ3) is 8.08. The molecule has 2 rings (SSSR count). The van der Waals surface area contributed by atoms with Crippen molar-refractivity contribution in [2.24, 2.45) is 11.7 Å². The van der Waals surface area contributed by atoms with Gasteiger partial charge in [-0.25, -0.2) is 13.2 Å². The van der Waals surface area contributed by atoms with Crippen molar-refractivity contribution in [1.82, 2.24) is 4.72 Å². The number of sulfonamides is 1. The highest BCUT2D eigenvalue weighted by Gasteiger charge is 2.41. The van der Waals surface area contributed by atoms with Gasteiger partial charge in [0.05, 0.1) is 0 Å². The summed E-state index contributed by atoms with van der Waals surface area (Å²) in [6, 6.07) is 14.2. The van der Waals surface area contributed by atoms with Crippen LogP contribution >= 0.6 is 7.60 Å². The number of carboxylic acids is 1. The van der Waals surface area contributed by atoms with Crippen LogP contribution in [0.5, 0.6) is 0 Å². The number of rotatable bonds is 11. The number of carbonyl (C=O) groups is 1. The molecule has 184 valence electrons. The molecule has 0 aromatic heterocycles. The van der Waals surface area contributed by atoms with E-state index >= 15 is 0 Å². The van der Waals surface area contributed by atoms with E-state index in [4.69, 9.17) is 15.7 Å². The third-order valence-corrected chi connectivity index (χ3v) is 7.65. The monoisotopic (exact) mass is 510 g/mol. The van der Waals surface area contributed by atoms with E-state index in [0.717, 1.165) is 5.41 Å². The first-order valence-corrected chi connectivity index (χ1v) is 13.2. The molecule has 3 unspecified atom stereocenters. The molecule has 11 nitrogen and oxygen atoms in total. The molecule has 0 bridgehead atoms. The van der Waals surface area contributed by atoms with Crippen molar-refractivity contribution in [2.45, 2.75) is 25.7 Å². The predicted octanol–water partition coefficient (Wildman–Crippen LogP) is 2.89. The van der Waals surface area contributed by atoms with E-state index < -0.39 is 47.4 Å². The first-order chi connectivity index (χ1) is 15.8. The fourth-order valence-corrected chi connectivity index (χ4v) is 6.32. The molecule has 0 aliphatic carbocycles. The Bertz CT molecular complexity index is 1200. The number of anilines is 1. The summed E-state index contributed by atoms with van der Waals surface area (Å²) in [5.41, 5.74) is 6.13. The summed E-state index contributed by atoms with van der Waals surface area (Å²) in [6.07, 6.45) is -0.577. The second kappa shape index (κ2) is 11.4. The largest absolute Gasteiger partial charge is 0.479 e. The Morgan fingerprint density at radius 2 is 1.82 bits per heavy atom. The molecule has 0 heterocycles. The lowest BCUT2D eigenvalue weighted by molar-refractivity contribution is -0.145. The van der Waals surface area contributed by atoms with Crippen molar-refractivity contribution < 1.29 is 32.3 Å². The van der Waals surface area contributed by atoms with Crippen molar-refractivity contribution in [3.8, 4) is 0 Å². The van der Waals surface area contributed by atoms with Crippen molar-refractivity contribution >= 4 is 41.3 Å². The van der Waals surface area contributed by atoms with Gasteiger partial charge in [-0.3, -0.25) is 14.5 Å². The Kier molecular flexibility index (Phi) is 9.14. The molecule has 0 spiro atoms. The van der Waals surface area contributed by atoms with Crippen molar-refractivity contribution in [2.75, 3.05) is 5.32 Å². The molecule has 34 heavy (non-hydrogen) atoms. The summed E-state index contributed by atoms with van der Waals surface area (Å²) >= 11 is 0. The zero-order valence-corrected chi connectivity index (χ0v) is 20.2. The Hall–Kier alpha value is -3.02. The second-order valence-electron chi connectivity index (χ2n) is 7.62. The zero-order valence-electron chi connectivity index (χ0n) is 18.5. The van der Waals surface area contributed by atoms with E-state index in [0.29, 0.717) is 5.56 Å². The number of benzene rings is 2. The van der Waals surface area contributed by atoms with Crippen LogP contribution in [0.2, 0.25) is 0 Å². The number of nitrogens with two attached hydrogens (primary N) is 1. The first kappa shape index (κ1) is 27.2. The van der Waals surface area contributed by atoms with E-state index in [2.05, 4.69) is 10.0 Å². The third-order valence-electron chi connectivity index (χ3n) is 4.46. The first-order valence-electron chi connectivity index (χ1n) is 10.0. The molecule has 3 atom stereocenters.